The third-order valence-corrected chi connectivity index (χ3v) is 5.34. The minimum absolute atomic E-state index is 0.00552. The molecule has 2 N–H and O–H groups in total. The Labute approximate surface area is 164 Å². The van der Waals surface area contributed by atoms with E-state index in [0.29, 0.717) is 39.1 Å². The first-order chi connectivity index (χ1) is 13.5. The minimum Gasteiger partial charge on any atom is -0.349 e. The highest BCUT2D eigenvalue weighted by atomic mass is 16.2. The lowest BCUT2D eigenvalue weighted by atomic mass is 9.95. The highest BCUT2D eigenvalue weighted by molar-refractivity contribution is 5.82. The molecular formula is C20H26N6O2. The maximum absolute atomic E-state index is 12.6. The molecule has 0 saturated heterocycles. The van der Waals surface area contributed by atoms with Crippen LogP contribution in [0.25, 0.3) is 0 Å². The molecule has 2 aliphatic heterocycles. The van der Waals surface area contributed by atoms with Crippen molar-refractivity contribution in [3.8, 4) is 0 Å². The van der Waals surface area contributed by atoms with Crippen molar-refractivity contribution in [3.05, 3.63) is 52.8 Å². The van der Waals surface area contributed by atoms with Gasteiger partial charge in [0.15, 0.2) is 0 Å². The maximum atomic E-state index is 12.6. The zero-order valence-electron chi connectivity index (χ0n) is 16.3. The number of nitrogens with zero attached hydrogens (tertiary/aromatic N) is 4. The number of carbonyl (C=O) groups excluding carboxylic acids is 2. The summed E-state index contributed by atoms with van der Waals surface area (Å²) in [6, 6.07) is 9.97. The van der Waals surface area contributed by atoms with Crippen molar-refractivity contribution < 1.29 is 9.59 Å². The van der Waals surface area contributed by atoms with Crippen LogP contribution in [0.15, 0.2) is 30.3 Å². The Morgan fingerprint density at radius 3 is 2.82 bits per heavy atom. The number of rotatable bonds is 3. The molecular weight excluding hydrogens is 356 g/mol. The van der Waals surface area contributed by atoms with Crippen molar-refractivity contribution in [2.24, 2.45) is 0 Å². The van der Waals surface area contributed by atoms with Gasteiger partial charge in [0.25, 0.3) is 0 Å². The highest BCUT2D eigenvalue weighted by Crippen LogP contribution is 2.17. The molecule has 1 aromatic carbocycles. The molecule has 28 heavy (non-hydrogen) atoms. The van der Waals surface area contributed by atoms with Gasteiger partial charge in [0.05, 0.1) is 37.1 Å². The van der Waals surface area contributed by atoms with Crippen molar-refractivity contribution in [1.82, 2.24) is 30.2 Å². The lowest BCUT2D eigenvalue weighted by Gasteiger charge is -2.29. The normalized spacial score (nSPS) is 18.2. The van der Waals surface area contributed by atoms with Gasteiger partial charge in [-0.2, -0.15) is 5.10 Å². The van der Waals surface area contributed by atoms with E-state index in [1.54, 1.807) is 19.0 Å². The fourth-order valence-corrected chi connectivity index (χ4v) is 3.80. The third-order valence-electron chi connectivity index (χ3n) is 5.34. The van der Waals surface area contributed by atoms with Gasteiger partial charge >= 0.3 is 6.03 Å². The molecule has 0 fully saturated rings. The zero-order valence-corrected chi connectivity index (χ0v) is 16.3. The van der Waals surface area contributed by atoms with E-state index in [1.807, 2.05) is 27.8 Å². The molecule has 0 aliphatic carbocycles. The number of hydrogen-bond donors (Lipinski definition) is 2. The predicted molar refractivity (Wildman–Crippen MR) is 104 cm³/mol. The van der Waals surface area contributed by atoms with E-state index in [-0.39, 0.29) is 18.0 Å². The van der Waals surface area contributed by atoms with Crippen molar-refractivity contribution in [2.75, 3.05) is 20.6 Å². The van der Waals surface area contributed by atoms with Crippen LogP contribution in [0.3, 0.4) is 0 Å². The van der Waals surface area contributed by atoms with Crippen LogP contribution in [0.5, 0.6) is 0 Å². The largest absolute Gasteiger partial charge is 0.349 e. The van der Waals surface area contributed by atoms with E-state index in [4.69, 9.17) is 0 Å². The summed E-state index contributed by atoms with van der Waals surface area (Å²) >= 11 is 0. The van der Waals surface area contributed by atoms with Crippen LogP contribution in [0.4, 0.5) is 4.79 Å². The van der Waals surface area contributed by atoms with Crippen molar-refractivity contribution in [3.63, 3.8) is 0 Å². The van der Waals surface area contributed by atoms with Gasteiger partial charge in [-0.1, -0.05) is 24.3 Å². The molecule has 0 saturated carbocycles. The fraction of sp³-hybridized carbons (Fsp3) is 0.450. The second-order valence-corrected chi connectivity index (χ2v) is 7.57. The summed E-state index contributed by atoms with van der Waals surface area (Å²) in [5.74, 6) is -0.00936. The predicted octanol–water partition coefficient (Wildman–Crippen LogP) is 0.711. The van der Waals surface area contributed by atoms with Crippen LogP contribution >= 0.6 is 0 Å². The molecule has 8 heteroatoms. The van der Waals surface area contributed by atoms with Gasteiger partial charge < -0.3 is 20.4 Å². The average molecular weight is 382 g/mol. The van der Waals surface area contributed by atoms with Crippen molar-refractivity contribution in [2.45, 2.75) is 38.6 Å². The van der Waals surface area contributed by atoms with E-state index in [0.717, 1.165) is 11.4 Å². The summed E-state index contributed by atoms with van der Waals surface area (Å²) < 4.78 is 1.93. The summed E-state index contributed by atoms with van der Waals surface area (Å²) in [7, 11) is 3.51. The summed E-state index contributed by atoms with van der Waals surface area (Å²) in [4.78, 5) is 28.1. The topological polar surface area (TPSA) is 82.5 Å². The number of amides is 3. The maximum Gasteiger partial charge on any atom is 0.319 e. The second-order valence-electron chi connectivity index (χ2n) is 7.57. The number of hydrogen-bond acceptors (Lipinski definition) is 4. The lowest BCUT2D eigenvalue weighted by Crippen LogP contribution is -2.47. The number of fused-ring (bicyclic) bond motifs is 2. The summed E-state index contributed by atoms with van der Waals surface area (Å²) in [5, 5.41) is 10.9. The Bertz CT molecular complexity index is 891. The van der Waals surface area contributed by atoms with Crippen LogP contribution in [-0.2, 0) is 37.4 Å². The number of aromatic nitrogens is 2. The standard InChI is InChI=1S/C20H26N6O2/c1-24(2)20(28)25-7-8-26-17(13-25)10-16(23-26)12-22-19(27)18-9-14-5-3-4-6-15(14)11-21-18/h3-6,10,18,21H,7-9,11-13H2,1-2H3,(H,22,27). The van der Waals surface area contributed by atoms with Crippen LogP contribution < -0.4 is 10.6 Å². The van der Waals surface area contributed by atoms with Crippen molar-refractivity contribution >= 4 is 11.9 Å². The lowest BCUT2D eigenvalue weighted by molar-refractivity contribution is -0.123. The van der Waals surface area contributed by atoms with E-state index in [2.05, 4.69) is 27.9 Å². The van der Waals surface area contributed by atoms with E-state index < -0.39 is 0 Å². The monoisotopic (exact) mass is 382 g/mol. The molecule has 3 amide bonds. The molecule has 8 nitrogen and oxygen atoms in total. The zero-order chi connectivity index (χ0) is 19.7. The number of benzene rings is 1. The first-order valence-corrected chi connectivity index (χ1v) is 9.61. The number of carbonyl (C=O) groups is 2. The molecule has 3 heterocycles. The average Bonchev–Trinajstić information content (AvgIpc) is 3.13. The molecule has 1 aromatic heterocycles. The quantitative estimate of drug-likeness (QED) is 0.819. The summed E-state index contributed by atoms with van der Waals surface area (Å²) in [6.45, 7) is 2.95. The molecule has 0 radical (unpaired) electrons. The van der Waals surface area contributed by atoms with Crippen LogP contribution in [0.1, 0.15) is 22.5 Å². The Morgan fingerprint density at radius 2 is 2.04 bits per heavy atom. The van der Waals surface area contributed by atoms with Gasteiger partial charge in [0.2, 0.25) is 5.91 Å². The van der Waals surface area contributed by atoms with Crippen LogP contribution in [0.2, 0.25) is 0 Å². The smallest absolute Gasteiger partial charge is 0.319 e. The first kappa shape index (κ1) is 18.5. The van der Waals surface area contributed by atoms with Crippen LogP contribution in [-0.4, -0.2) is 58.2 Å². The van der Waals surface area contributed by atoms with E-state index in [9.17, 15) is 9.59 Å². The minimum atomic E-state index is -0.222. The fourth-order valence-electron chi connectivity index (χ4n) is 3.80. The number of urea groups is 1. The van der Waals surface area contributed by atoms with Gasteiger partial charge in [-0.25, -0.2) is 4.79 Å². The molecule has 0 spiro atoms. The molecule has 0 bridgehead atoms. The van der Waals surface area contributed by atoms with E-state index in [1.165, 1.54) is 11.1 Å². The summed E-state index contributed by atoms with van der Waals surface area (Å²) in [6.07, 6.45) is 0.698. The Kier molecular flexibility index (Phi) is 5.04. The third kappa shape index (κ3) is 3.73. The Morgan fingerprint density at radius 1 is 1.25 bits per heavy atom. The molecule has 2 aliphatic rings. The molecule has 4 rings (SSSR count). The highest BCUT2D eigenvalue weighted by Gasteiger charge is 2.25. The van der Waals surface area contributed by atoms with Crippen molar-refractivity contribution in [1.29, 1.82) is 0 Å². The molecule has 1 atom stereocenters. The van der Waals surface area contributed by atoms with E-state index >= 15 is 0 Å². The van der Waals surface area contributed by atoms with Gasteiger partial charge in [0.1, 0.15) is 0 Å². The van der Waals surface area contributed by atoms with Gasteiger partial charge in [-0.15, -0.1) is 0 Å². The van der Waals surface area contributed by atoms with Gasteiger partial charge in [-0.05, 0) is 23.6 Å². The molecule has 1 unspecified atom stereocenters. The Hall–Kier alpha value is -2.87. The SMILES string of the molecule is CN(C)C(=O)N1CCn2nc(CNC(=O)C3Cc4ccccc4CN3)cc2C1. The summed E-state index contributed by atoms with van der Waals surface area (Å²) in [5.41, 5.74) is 4.30. The van der Waals surface area contributed by atoms with Gasteiger partial charge in [0, 0.05) is 27.2 Å². The molecule has 2 aromatic rings. The Balaban J connectivity index is 1.34. The van der Waals surface area contributed by atoms with Crippen LogP contribution in [0, 0.1) is 0 Å². The molecule has 148 valence electrons. The van der Waals surface area contributed by atoms with Gasteiger partial charge in [-0.3, -0.25) is 9.48 Å². The first-order valence-electron chi connectivity index (χ1n) is 9.61. The number of nitrogens with one attached hydrogen (secondary N) is 2. The second kappa shape index (κ2) is 7.63.